The van der Waals surface area contributed by atoms with Gasteiger partial charge in [-0.15, -0.1) is 11.3 Å². The number of carbonyl (C=O) groups is 1. The number of aromatic nitrogens is 1. The summed E-state index contributed by atoms with van der Waals surface area (Å²) in [5.74, 6) is -0.176. The van der Waals surface area contributed by atoms with E-state index in [1.54, 1.807) is 16.2 Å². The zero-order valence-corrected chi connectivity index (χ0v) is 12.9. The first-order valence-electron chi connectivity index (χ1n) is 7.13. The molecule has 0 radical (unpaired) electrons. The van der Waals surface area contributed by atoms with E-state index in [9.17, 15) is 4.79 Å². The summed E-state index contributed by atoms with van der Waals surface area (Å²) in [6.45, 7) is 5.56. The van der Waals surface area contributed by atoms with Crippen molar-refractivity contribution in [2.24, 2.45) is 0 Å². The number of hydrogen-bond donors (Lipinski definition) is 1. The summed E-state index contributed by atoms with van der Waals surface area (Å²) in [7, 11) is 0. The topological polar surface area (TPSA) is 56.7 Å². The van der Waals surface area contributed by atoms with E-state index >= 15 is 0 Å². The summed E-state index contributed by atoms with van der Waals surface area (Å²) in [6.07, 6.45) is 0. The molecule has 0 bridgehead atoms. The van der Waals surface area contributed by atoms with Gasteiger partial charge in [-0.3, -0.25) is 9.69 Å². The predicted molar refractivity (Wildman–Crippen MR) is 83.3 cm³/mol. The second-order valence-electron chi connectivity index (χ2n) is 5.39. The molecule has 1 aromatic carbocycles. The molecule has 1 aromatic heterocycles. The van der Waals surface area contributed by atoms with Crippen LogP contribution in [0.25, 0.3) is 10.2 Å². The molecule has 1 N–H and O–H groups in total. The van der Waals surface area contributed by atoms with Crippen molar-refractivity contribution < 1.29 is 9.90 Å². The van der Waals surface area contributed by atoms with Gasteiger partial charge in [0.15, 0.2) is 0 Å². The third-order valence-corrected chi connectivity index (χ3v) is 4.83. The molecule has 1 aliphatic rings. The Hall–Kier alpha value is -1.50. The van der Waals surface area contributed by atoms with Gasteiger partial charge in [0, 0.05) is 26.2 Å². The molecule has 0 unspecified atom stereocenters. The third kappa shape index (κ3) is 3.23. The molecular formula is C15H19N3O2S. The lowest BCUT2D eigenvalue weighted by atomic mass is 10.2. The van der Waals surface area contributed by atoms with Crippen molar-refractivity contribution in [2.45, 2.75) is 13.5 Å². The third-order valence-electron chi connectivity index (χ3n) is 3.81. The highest BCUT2D eigenvalue weighted by molar-refractivity contribution is 7.18. The van der Waals surface area contributed by atoms with Gasteiger partial charge in [-0.2, -0.15) is 0 Å². The molecule has 1 fully saturated rings. The summed E-state index contributed by atoms with van der Waals surface area (Å²) in [4.78, 5) is 20.2. The van der Waals surface area contributed by atoms with Crippen molar-refractivity contribution in [3.63, 3.8) is 0 Å². The van der Waals surface area contributed by atoms with Crippen molar-refractivity contribution in [3.05, 3.63) is 28.8 Å². The second kappa shape index (κ2) is 6.09. The molecular weight excluding hydrogens is 286 g/mol. The van der Waals surface area contributed by atoms with Crippen molar-refractivity contribution in [1.29, 1.82) is 0 Å². The fourth-order valence-electron chi connectivity index (χ4n) is 2.60. The van der Waals surface area contributed by atoms with Crippen LogP contribution in [-0.2, 0) is 11.3 Å². The molecule has 0 spiro atoms. The minimum Gasteiger partial charge on any atom is -0.387 e. The quantitative estimate of drug-likeness (QED) is 0.927. The molecule has 1 saturated heterocycles. The first-order chi connectivity index (χ1) is 10.2. The predicted octanol–water partition coefficient (Wildman–Crippen LogP) is 1.24. The minimum absolute atomic E-state index is 0.176. The Bertz CT molecular complexity index is 647. The average molecular weight is 305 g/mol. The molecule has 21 heavy (non-hydrogen) atoms. The van der Waals surface area contributed by atoms with Gasteiger partial charge in [0.2, 0.25) is 5.91 Å². The zero-order chi connectivity index (χ0) is 14.8. The number of carbonyl (C=O) groups excluding carboxylic acids is 1. The summed E-state index contributed by atoms with van der Waals surface area (Å²) in [5, 5.41) is 10.0. The van der Waals surface area contributed by atoms with E-state index < -0.39 is 6.61 Å². The average Bonchev–Trinajstić information content (AvgIpc) is 2.88. The second-order valence-corrected chi connectivity index (χ2v) is 6.51. The number of aliphatic hydroxyl groups excluding tert-OH is 1. The zero-order valence-electron chi connectivity index (χ0n) is 12.1. The van der Waals surface area contributed by atoms with E-state index in [0.717, 1.165) is 30.2 Å². The highest BCUT2D eigenvalue weighted by Crippen LogP contribution is 2.24. The molecule has 5 nitrogen and oxygen atoms in total. The summed E-state index contributed by atoms with van der Waals surface area (Å²) >= 11 is 1.74. The van der Waals surface area contributed by atoms with E-state index in [4.69, 9.17) is 10.1 Å². The molecule has 6 heteroatoms. The van der Waals surface area contributed by atoms with Crippen molar-refractivity contribution in [2.75, 3.05) is 32.8 Å². The van der Waals surface area contributed by atoms with Crippen LogP contribution in [0.2, 0.25) is 0 Å². The number of hydrogen-bond acceptors (Lipinski definition) is 5. The Morgan fingerprint density at radius 3 is 2.81 bits per heavy atom. The number of rotatable bonds is 3. The van der Waals surface area contributed by atoms with Crippen LogP contribution in [0.5, 0.6) is 0 Å². The number of nitrogens with zero attached hydrogens (tertiary/aromatic N) is 3. The Balaban J connectivity index is 1.63. The van der Waals surface area contributed by atoms with Crippen LogP contribution in [0.3, 0.4) is 0 Å². The highest BCUT2D eigenvalue weighted by Gasteiger charge is 2.21. The molecule has 2 aromatic rings. The Morgan fingerprint density at radius 1 is 1.33 bits per heavy atom. The maximum Gasteiger partial charge on any atom is 0.248 e. The molecule has 112 valence electrons. The highest BCUT2D eigenvalue weighted by atomic mass is 32.1. The standard InChI is InChI=1S/C15H19N3O2S/c1-11-2-3-13-12(8-11)16-14(21-13)9-17-4-6-18(7-5-17)15(20)10-19/h2-3,8,19H,4-7,9-10H2,1H3. The monoisotopic (exact) mass is 305 g/mol. The number of aryl methyl sites for hydroxylation is 1. The van der Waals surface area contributed by atoms with E-state index in [1.807, 2.05) is 0 Å². The lowest BCUT2D eigenvalue weighted by Gasteiger charge is -2.33. The number of benzene rings is 1. The van der Waals surface area contributed by atoms with Crippen LogP contribution < -0.4 is 0 Å². The van der Waals surface area contributed by atoms with E-state index in [2.05, 4.69) is 30.0 Å². The Labute approximate surface area is 127 Å². The summed E-state index contributed by atoms with van der Waals surface area (Å²) in [5.41, 5.74) is 2.31. The fraction of sp³-hybridized carbons (Fsp3) is 0.467. The van der Waals surface area contributed by atoms with Gasteiger partial charge in [0.1, 0.15) is 11.6 Å². The molecule has 0 saturated carbocycles. The normalized spacial score (nSPS) is 16.6. The number of amides is 1. The van der Waals surface area contributed by atoms with Crippen LogP contribution in [-0.4, -0.2) is 58.6 Å². The van der Waals surface area contributed by atoms with Crippen molar-refractivity contribution >= 4 is 27.5 Å². The van der Waals surface area contributed by atoms with Gasteiger partial charge < -0.3 is 10.0 Å². The summed E-state index contributed by atoms with van der Waals surface area (Å²) in [6, 6.07) is 6.36. The largest absolute Gasteiger partial charge is 0.387 e. The maximum atomic E-state index is 11.4. The van der Waals surface area contributed by atoms with Gasteiger partial charge in [0.25, 0.3) is 0 Å². The number of piperazine rings is 1. The van der Waals surface area contributed by atoms with Crippen LogP contribution >= 0.6 is 11.3 Å². The Morgan fingerprint density at radius 2 is 2.10 bits per heavy atom. The smallest absolute Gasteiger partial charge is 0.248 e. The first-order valence-corrected chi connectivity index (χ1v) is 7.94. The van der Waals surface area contributed by atoms with Gasteiger partial charge >= 0.3 is 0 Å². The molecule has 0 atom stereocenters. The van der Waals surface area contributed by atoms with E-state index in [1.165, 1.54) is 10.3 Å². The number of aliphatic hydroxyl groups is 1. The lowest BCUT2D eigenvalue weighted by molar-refractivity contribution is -0.135. The lowest BCUT2D eigenvalue weighted by Crippen LogP contribution is -2.49. The van der Waals surface area contributed by atoms with Crippen molar-refractivity contribution in [3.8, 4) is 0 Å². The molecule has 0 aliphatic carbocycles. The van der Waals surface area contributed by atoms with Gasteiger partial charge in [-0.1, -0.05) is 6.07 Å². The Kier molecular flexibility index (Phi) is 4.19. The molecule has 3 rings (SSSR count). The molecule has 1 aliphatic heterocycles. The molecule has 2 heterocycles. The number of fused-ring (bicyclic) bond motifs is 1. The number of thiazole rings is 1. The SMILES string of the molecule is Cc1ccc2sc(CN3CCN(C(=O)CO)CC3)nc2c1. The van der Waals surface area contributed by atoms with Crippen molar-refractivity contribution in [1.82, 2.24) is 14.8 Å². The van der Waals surface area contributed by atoms with Crippen LogP contribution in [0.4, 0.5) is 0 Å². The van der Waals surface area contributed by atoms with Gasteiger partial charge in [-0.25, -0.2) is 4.98 Å². The first kappa shape index (κ1) is 14.4. The minimum atomic E-state index is -0.392. The van der Waals surface area contributed by atoms with Crippen LogP contribution in [0.15, 0.2) is 18.2 Å². The van der Waals surface area contributed by atoms with Gasteiger partial charge in [0.05, 0.1) is 16.8 Å². The molecule has 1 amide bonds. The summed E-state index contributed by atoms with van der Waals surface area (Å²) < 4.78 is 1.23. The van der Waals surface area contributed by atoms with E-state index in [0.29, 0.717) is 13.1 Å². The van der Waals surface area contributed by atoms with E-state index in [-0.39, 0.29) is 5.91 Å². The maximum absolute atomic E-state index is 11.4. The fourth-order valence-corrected chi connectivity index (χ4v) is 3.59. The van der Waals surface area contributed by atoms with Gasteiger partial charge in [-0.05, 0) is 24.6 Å². The van der Waals surface area contributed by atoms with Crippen LogP contribution in [0, 0.1) is 6.92 Å². The van der Waals surface area contributed by atoms with Crippen LogP contribution in [0.1, 0.15) is 10.6 Å².